The summed E-state index contributed by atoms with van der Waals surface area (Å²) in [6.45, 7) is 2.54. The van der Waals surface area contributed by atoms with Gasteiger partial charge in [0.1, 0.15) is 11.5 Å². The molecule has 2 rings (SSSR count). The van der Waals surface area contributed by atoms with Gasteiger partial charge in [-0.3, -0.25) is 0 Å². The van der Waals surface area contributed by atoms with Gasteiger partial charge >= 0.3 is 0 Å². The van der Waals surface area contributed by atoms with Crippen molar-refractivity contribution >= 4 is 5.69 Å². The molecule has 0 amide bonds. The number of aromatic hydroxyl groups is 1. The van der Waals surface area contributed by atoms with E-state index in [2.05, 4.69) is 0 Å². The number of hydrogen-bond acceptors (Lipinski definition) is 3. The van der Waals surface area contributed by atoms with Gasteiger partial charge in [-0.1, -0.05) is 18.2 Å². The molecule has 2 aromatic rings. The molecule has 3 heteroatoms. The van der Waals surface area contributed by atoms with Crippen molar-refractivity contribution in [3.63, 3.8) is 0 Å². The number of nitrogen functional groups attached to an aromatic ring is 1. The number of rotatable bonds is 3. The van der Waals surface area contributed by atoms with Gasteiger partial charge in [-0.15, -0.1) is 0 Å². The Labute approximate surface area is 100 Å². The van der Waals surface area contributed by atoms with Crippen LogP contribution >= 0.6 is 0 Å². The van der Waals surface area contributed by atoms with Crippen molar-refractivity contribution in [1.29, 1.82) is 0 Å². The summed E-state index contributed by atoms with van der Waals surface area (Å²) in [5.74, 6) is 0.950. The Bertz CT molecular complexity index is 503. The maximum absolute atomic E-state index is 9.84. The van der Waals surface area contributed by atoms with Crippen LogP contribution in [0.25, 0.3) is 11.1 Å². The van der Waals surface area contributed by atoms with E-state index in [1.54, 1.807) is 18.2 Å². The predicted molar refractivity (Wildman–Crippen MR) is 69.1 cm³/mol. The van der Waals surface area contributed by atoms with Crippen molar-refractivity contribution in [1.82, 2.24) is 0 Å². The summed E-state index contributed by atoms with van der Waals surface area (Å²) < 4.78 is 5.43. The minimum atomic E-state index is 0.179. The first-order valence-electron chi connectivity index (χ1n) is 5.53. The maximum Gasteiger partial charge on any atom is 0.125 e. The normalized spacial score (nSPS) is 10.2. The first-order valence-corrected chi connectivity index (χ1v) is 5.53. The zero-order valence-corrected chi connectivity index (χ0v) is 9.68. The van der Waals surface area contributed by atoms with Crippen LogP contribution in [0.3, 0.4) is 0 Å². The molecule has 0 saturated carbocycles. The van der Waals surface area contributed by atoms with Gasteiger partial charge in [-0.05, 0) is 36.8 Å². The number of phenols is 1. The molecular formula is C14H15NO2. The molecule has 3 nitrogen and oxygen atoms in total. The molecule has 0 aliphatic heterocycles. The highest BCUT2D eigenvalue weighted by Crippen LogP contribution is 2.35. The Kier molecular flexibility index (Phi) is 3.19. The fourth-order valence-electron chi connectivity index (χ4n) is 1.78. The lowest BCUT2D eigenvalue weighted by Gasteiger charge is -2.10. The highest BCUT2D eigenvalue weighted by molar-refractivity contribution is 5.82. The van der Waals surface area contributed by atoms with E-state index < -0.39 is 0 Å². The van der Waals surface area contributed by atoms with Crippen LogP contribution in [0.5, 0.6) is 11.5 Å². The Balaban J connectivity index is 2.49. The van der Waals surface area contributed by atoms with Gasteiger partial charge in [-0.2, -0.15) is 0 Å². The number of anilines is 1. The number of nitrogens with two attached hydrogens (primary N) is 1. The Hall–Kier alpha value is -2.16. The van der Waals surface area contributed by atoms with E-state index >= 15 is 0 Å². The molecule has 0 saturated heterocycles. The largest absolute Gasteiger partial charge is 0.507 e. The van der Waals surface area contributed by atoms with Gasteiger partial charge in [0, 0.05) is 11.3 Å². The van der Waals surface area contributed by atoms with Crippen molar-refractivity contribution in [2.24, 2.45) is 0 Å². The topological polar surface area (TPSA) is 55.5 Å². The summed E-state index contributed by atoms with van der Waals surface area (Å²) in [7, 11) is 0. The van der Waals surface area contributed by atoms with Crippen LogP contribution in [0.4, 0.5) is 5.69 Å². The fourth-order valence-corrected chi connectivity index (χ4v) is 1.78. The average molecular weight is 229 g/mol. The zero-order chi connectivity index (χ0) is 12.3. The minimum absolute atomic E-state index is 0.179. The molecule has 3 N–H and O–H groups in total. The van der Waals surface area contributed by atoms with Gasteiger partial charge in [0.15, 0.2) is 0 Å². The average Bonchev–Trinajstić information content (AvgIpc) is 2.30. The number of phenolic OH excluding ortho intramolecular Hbond substituents is 1. The molecule has 17 heavy (non-hydrogen) atoms. The molecule has 0 heterocycles. The smallest absolute Gasteiger partial charge is 0.125 e. The van der Waals surface area contributed by atoms with Gasteiger partial charge in [-0.25, -0.2) is 0 Å². The first kappa shape index (κ1) is 11.3. The van der Waals surface area contributed by atoms with Gasteiger partial charge in [0.05, 0.1) is 6.61 Å². The number of hydrogen-bond donors (Lipinski definition) is 2. The van der Waals surface area contributed by atoms with Gasteiger partial charge in [0.2, 0.25) is 0 Å². The second-order valence-electron chi connectivity index (χ2n) is 3.70. The van der Waals surface area contributed by atoms with E-state index in [-0.39, 0.29) is 5.75 Å². The summed E-state index contributed by atoms with van der Waals surface area (Å²) in [6.07, 6.45) is 0. The van der Waals surface area contributed by atoms with Crippen molar-refractivity contribution in [3.8, 4) is 22.6 Å². The molecule has 0 fully saturated rings. The summed E-state index contributed by atoms with van der Waals surface area (Å²) in [5, 5.41) is 9.84. The van der Waals surface area contributed by atoms with Crippen molar-refractivity contribution in [2.45, 2.75) is 6.92 Å². The van der Waals surface area contributed by atoms with E-state index in [0.717, 1.165) is 11.3 Å². The van der Waals surface area contributed by atoms with E-state index in [1.165, 1.54) is 0 Å². The Morgan fingerprint density at radius 2 is 1.94 bits per heavy atom. The third kappa shape index (κ3) is 2.33. The second kappa shape index (κ2) is 4.78. The number of ether oxygens (including phenoxy) is 1. The lowest BCUT2D eigenvalue weighted by atomic mass is 10.0. The van der Waals surface area contributed by atoms with Crippen LogP contribution in [0, 0.1) is 0 Å². The van der Waals surface area contributed by atoms with Crippen LogP contribution in [-0.2, 0) is 0 Å². The van der Waals surface area contributed by atoms with Crippen molar-refractivity contribution < 1.29 is 9.84 Å². The van der Waals surface area contributed by atoms with Crippen LogP contribution in [0.1, 0.15) is 6.92 Å². The van der Waals surface area contributed by atoms with E-state index in [0.29, 0.717) is 17.9 Å². The van der Waals surface area contributed by atoms with Crippen molar-refractivity contribution in [2.75, 3.05) is 12.3 Å². The third-order valence-electron chi connectivity index (χ3n) is 2.51. The highest BCUT2D eigenvalue weighted by Gasteiger charge is 2.08. The van der Waals surface area contributed by atoms with Crippen LogP contribution in [-0.4, -0.2) is 11.7 Å². The SMILES string of the molecule is CCOc1cccc(-c2c(N)cccc2O)c1. The molecule has 0 aromatic heterocycles. The van der Waals surface area contributed by atoms with Crippen LogP contribution in [0.2, 0.25) is 0 Å². The Morgan fingerprint density at radius 3 is 2.65 bits per heavy atom. The fraction of sp³-hybridized carbons (Fsp3) is 0.143. The first-order chi connectivity index (χ1) is 8.22. The quantitative estimate of drug-likeness (QED) is 0.795. The van der Waals surface area contributed by atoms with E-state index in [4.69, 9.17) is 10.5 Å². The lowest BCUT2D eigenvalue weighted by molar-refractivity contribution is 0.340. The molecule has 2 aromatic carbocycles. The second-order valence-corrected chi connectivity index (χ2v) is 3.70. The van der Waals surface area contributed by atoms with Gasteiger partial charge in [0.25, 0.3) is 0 Å². The van der Waals surface area contributed by atoms with E-state index in [9.17, 15) is 5.11 Å². The lowest BCUT2D eigenvalue weighted by Crippen LogP contribution is -1.93. The highest BCUT2D eigenvalue weighted by atomic mass is 16.5. The van der Waals surface area contributed by atoms with Crippen LogP contribution in [0.15, 0.2) is 42.5 Å². The monoisotopic (exact) mass is 229 g/mol. The molecule has 0 atom stereocenters. The maximum atomic E-state index is 9.84. The summed E-state index contributed by atoms with van der Waals surface area (Å²) in [4.78, 5) is 0. The number of benzene rings is 2. The summed E-state index contributed by atoms with van der Waals surface area (Å²) in [5.41, 5.74) is 7.93. The molecule has 0 aliphatic carbocycles. The molecule has 0 spiro atoms. The zero-order valence-electron chi connectivity index (χ0n) is 9.68. The molecule has 0 aliphatic rings. The van der Waals surface area contributed by atoms with Crippen LogP contribution < -0.4 is 10.5 Å². The predicted octanol–water partition coefficient (Wildman–Crippen LogP) is 3.04. The van der Waals surface area contributed by atoms with Gasteiger partial charge < -0.3 is 15.6 Å². The molecule has 0 bridgehead atoms. The molecule has 0 radical (unpaired) electrons. The molecule has 88 valence electrons. The molecule has 0 unspecified atom stereocenters. The summed E-state index contributed by atoms with van der Waals surface area (Å²) >= 11 is 0. The Morgan fingerprint density at radius 1 is 1.18 bits per heavy atom. The minimum Gasteiger partial charge on any atom is -0.507 e. The summed E-state index contributed by atoms with van der Waals surface area (Å²) in [6, 6.07) is 12.6. The van der Waals surface area contributed by atoms with E-state index in [1.807, 2.05) is 31.2 Å². The van der Waals surface area contributed by atoms with Crippen molar-refractivity contribution in [3.05, 3.63) is 42.5 Å². The third-order valence-corrected chi connectivity index (χ3v) is 2.51. The molecular weight excluding hydrogens is 214 g/mol. The standard InChI is InChI=1S/C14H15NO2/c1-2-17-11-6-3-5-10(9-11)14-12(15)7-4-8-13(14)16/h3-9,16H,2,15H2,1H3.